The standard InChI is InChI=1S/C16H13FO2/c17-13-7-8-14(16(18)19)15(9-13)12-5-3-11(4-6-12)10-1-2-10/h3-10H,1-2H2,(H,18,19). The Morgan fingerprint density at radius 3 is 2.37 bits per heavy atom. The second kappa shape index (κ2) is 4.50. The molecule has 2 nitrogen and oxygen atoms in total. The van der Waals surface area contributed by atoms with E-state index in [-0.39, 0.29) is 5.56 Å². The van der Waals surface area contributed by atoms with Crippen LogP contribution in [-0.4, -0.2) is 11.1 Å². The fourth-order valence-electron chi connectivity index (χ4n) is 2.29. The molecule has 0 atom stereocenters. The van der Waals surface area contributed by atoms with Gasteiger partial charge in [-0.15, -0.1) is 0 Å². The van der Waals surface area contributed by atoms with E-state index >= 15 is 0 Å². The van der Waals surface area contributed by atoms with E-state index < -0.39 is 11.8 Å². The molecule has 0 bridgehead atoms. The molecule has 0 spiro atoms. The molecule has 0 aromatic heterocycles. The minimum absolute atomic E-state index is 0.126. The fourth-order valence-corrected chi connectivity index (χ4v) is 2.29. The zero-order valence-electron chi connectivity index (χ0n) is 10.3. The molecule has 1 aliphatic rings. The predicted octanol–water partition coefficient (Wildman–Crippen LogP) is 4.07. The van der Waals surface area contributed by atoms with Crippen LogP contribution in [0.2, 0.25) is 0 Å². The van der Waals surface area contributed by atoms with Gasteiger partial charge in [0.2, 0.25) is 0 Å². The normalized spacial score (nSPS) is 14.4. The minimum Gasteiger partial charge on any atom is -0.478 e. The van der Waals surface area contributed by atoms with Crippen molar-refractivity contribution in [2.24, 2.45) is 0 Å². The number of halogens is 1. The van der Waals surface area contributed by atoms with Crippen molar-refractivity contribution in [1.29, 1.82) is 0 Å². The van der Waals surface area contributed by atoms with Crippen molar-refractivity contribution >= 4 is 5.97 Å². The molecule has 2 aromatic carbocycles. The molecule has 1 saturated carbocycles. The van der Waals surface area contributed by atoms with E-state index in [2.05, 4.69) is 0 Å². The monoisotopic (exact) mass is 256 g/mol. The number of carboxylic acids is 1. The summed E-state index contributed by atoms with van der Waals surface area (Å²) < 4.78 is 13.3. The number of aromatic carboxylic acids is 1. The van der Waals surface area contributed by atoms with Crippen molar-refractivity contribution in [3.8, 4) is 11.1 Å². The summed E-state index contributed by atoms with van der Waals surface area (Å²) in [6, 6.07) is 11.5. The van der Waals surface area contributed by atoms with Crippen molar-refractivity contribution in [1.82, 2.24) is 0 Å². The average Bonchev–Trinajstić information content (AvgIpc) is 3.23. The van der Waals surface area contributed by atoms with E-state index in [0.29, 0.717) is 11.5 Å². The van der Waals surface area contributed by atoms with Crippen LogP contribution in [-0.2, 0) is 0 Å². The smallest absolute Gasteiger partial charge is 0.336 e. The van der Waals surface area contributed by atoms with Crippen LogP contribution < -0.4 is 0 Å². The molecule has 0 radical (unpaired) electrons. The molecule has 3 heteroatoms. The van der Waals surface area contributed by atoms with Crippen LogP contribution in [0.3, 0.4) is 0 Å². The maximum atomic E-state index is 13.3. The minimum atomic E-state index is -1.04. The van der Waals surface area contributed by atoms with Crippen LogP contribution in [0.5, 0.6) is 0 Å². The largest absolute Gasteiger partial charge is 0.478 e. The lowest BCUT2D eigenvalue weighted by Crippen LogP contribution is -2.00. The third-order valence-electron chi connectivity index (χ3n) is 3.48. The maximum absolute atomic E-state index is 13.3. The first-order valence-electron chi connectivity index (χ1n) is 6.28. The summed E-state index contributed by atoms with van der Waals surface area (Å²) in [4.78, 5) is 11.2. The Kier molecular flexibility index (Phi) is 2.82. The van der Waals surface area contributed by atoms with Crippen molar-refractivity contribution < 1.29 is 14.3 Å². The SMILES string of the molecule is O=C(O)c1ccc(F)cc1-c1ccc(C2CC2)cc1. The van der Waals surface area contributed by atoms with Gasteiger partial charge in [0.1, 0.15) is 5.82 Å². The first-order valence-corrected chi connectivity index (χ1v) is 6.28. The summed E-state index contributed by atoms with van der Waals surface area (Å²) in [7, 11) is 0. The molecule has 96 valence electrons. The second-order valence-electron chi connectivity index (χ2n) is 4.89. The molecular weight excluding hydrogens is 243 g/mol. The van der Waals surface area contributed by atoms with E-state index in [0.717, 1.165) is 5.56 Å². The van der Waals surface area contributed by atoms with Gasteiger partial charge in [0, 0.05) is 0 Å². The number of hydrogen-bond acceptors (Lipinski definition) is 1. The average molecular weight is 256 g/mol. The third kappa shape index (κ3) is 2.36. The van der Waals surface area contributed by atoms with Gasteiger partial charge in [-0.1, -0.05) is 24.3 Å². The van der Waals surface area contributed by atoms with Gasteiger partial charge in [0.05, 0.1) is 5.56 Å². The molecule has 0 aliphatic heterocycles. The molecule has 0 saturated heterocycles. The highest BCUT2D eigenvalue weighted by molar-refractivity contribution is 5.96. The van der Waals surface area contributed by atoms with Crippen LogP contribution >= 0.6 is 0 Å². The first kappa shape index (κ1) is 11.9. The van der Waals surface area contributed by atoms with Crippen LogP contribution in [0.4, 0.5) is 4.39 Å². The van der Waals surface area contributed by atoms with Crippen molar-refractivity contribution in [2.45, 2.75) is 18.8 Å². The van der Waals surface area contributed by atoms with Gasteiger partial charge in [0.15, 0.2) is 0 Å². The Bertz CT molecular complexity index is 628. The summed E-state index contributed by atoms with van der Waals surface area (Å²) in [6.45, 7) is 0. The summed E-state index contributed by atoms with van der Waals surface area (Å²) in [5.74, 6) is -0.812. The van der Waals surface area contributed by atoms with E-state index in [9.17, 15) is 9.18 Å². The highest BCUT2D eigenvalue weighted by Gasteiger charge is 2.23. The van der Waals surface area contributed by atoms with E-state index in [1.165, 1.54) is 36.6 Å². The number of hydrogen-bond donors (Lipinski definition) is 1. The van der Waals surface area contributed by atoms with E-state index in [1.54, 1.807) is 0 Å². The molecule has 19 heavy (non-hydrogen) atoms. The number of benzene rings is 2. The summed E-state index contributed by atoms with van der Waals surface area (Å²) in [6.07, 6.45) is 2.44. The zero-order chi connectivity index (χ0) is 13.4. The van der Waals surface area contributed by atoms with Gasteiger partial charge in [-0.25, -0.2) is 9.18 Å². The third-order valence-corrected chi connectivity index (χ3v) is 3.48. The maximum Gasteiger partial charge on any atom is 0.336 e. The molecule has 1 aliphatic carbocycles. The highest BCUT2D eigenvalue weighted by atomic mass is 19.1. The zero-order valence-corrected chi connectivity index (χ0v) is 10.3. The lowest BCUT2D eigenvalue weighted by Gasteiger charge is -2.07. The predicted molar refractivity (Wildman–Crippen MR) is 70.8 cm³/mol. The first-order chi connectivity index (χ1) is 9.15. The Hall–Kier alpha value is -2.16. The Labute approximate surface area is 110 Å². The molecule has 0 heterocycles. The molecule has 1 fully saturated rings. The van der Waals surface area contributed by atoms with Crippen molar-refractivity contribution in [2.75, 3.05) is 0 Å². The molecule has 2 aromatic rings. The molecule has 3 rings (SSSR count). The Balaban J connectivity index is 2.04. The van der Waals surface area contributed by atoms with Crippen molar-refractivity contribution in [3.63, 3.8) is 0 Å². The fraction of sp³-hybridized carbons (Fsp3) is 0.188. The molecule has 1 N–H and O–H groups in total. The van der Waals surface area contributed by atoms with E-state index in [1.807, 2.05) is 24.3 Å². The number of carbonyl (C=O) groups is 1. The van der Waals surface area contributed by atoms with Gasteiger partial charge < -0.3 is 5.11 Å². The highest BCUT2D eigenvalue weighted by Crippen LogP contribution is 2.40. The van der Waals surface area contributed by atoms with Gasteiger partial charge >= 0.3 is 5.97 Å². The van der Waals surface area contributed by atoms with Crippen LogP contribution in [0.25, 0.3) is 11.1 Å². The quantitative estimate of drug-likeness (QED) is 0.898. The van der Waals surface area contributed by atoms with Crippen LogP contribution in [0.1, 0.15) is 34.7 Å². The van der Waals surface area contributed by atoms with Gasteiger partial charge in [-0.3, -0.25) is 0 Å². The summed E-state index contributed by atoms with van der Waals surface area (Å²) in [5, 5.41) is 9.15. The van der Waals surface area contributed by atoms with E-state index in [4.69, 9.17) is 5.11 Å². The number of rotatable bonds is 3. The van der Waals surface area contributed by atoms with Crippen LogP contribution in [0, 0.1) is 5.82 Å². The molecular formula is C16H13FO2. The second-order valence-corrected chi connectivity index (χ2v) is 4.89. The summed E-state index contributed by atoms with van der Waals surface area (Å²) in [5.41, 5.74) is 2.56. The number of carboxylic acid groups (broad SMARTS) is 1. The lowest BCUT2D eigenvalue weighted by atomic mass is 9.98. The molecule has 0 unspecified atom stereocenters. The van der Waals surface area contributed by atoms with Crippen LogP contribution in [0.15, 0.2) is 42.5 Å². The van der Waals surface area contributed by atoms with Gasteiger partial charge in [-0.05, 0) is 53.6 Å². The Morgan fingerprint density at radius 2 is 1.79 bits per heavy atom. The molecule has 0 amide bonds. The van der Waals surface area contributed by atoms with Gasteiger partial charge in [0.25, 0.3) is 0 Å². The lowest BCUT2D eigenvalue weighted by molar-refractivity contribution is 0.0697. The summed E-state index contributed by atoms with van der Waals surface area (Å²) >= 11 is 0. The topological polar surface area (TPSA) is 37.3 Å². The van der Waals surface area contributed by atoms with Gasteiger partial charge in [-0.2, -0.15) is 0 Å². The van der Waals surface area contributed by atoms with Crippen molar-refractivity contribution in [3.05, 3.63) is 59.4 Å². The Morgan fingerprint density at radius 1 is 1.11 bits per heavy atom.